The number of carboxylic acids is 1. The number of nitrogens with one attached hydrogen (secondary N) is 12. The van der Waals surface area contributed by atoms with Crippen molar-refractivity contribution in [2.75, 3.05) is 26.2 Å². The van der Waals surface area contributed by atoms with Gasteiger partial charge in [0.1, 0.15) is 54.1 Å². The Morgan fingerprint density at radius 1 is 0.693 bits per heavy atom. The first kappa shape index (κ1) is 69.6. The number of nitrogens with two attached hydrogens (primary N) is 2. The van der Waals surface area contributed by atoms with Gasteiger partial charge in [0, 0.05) is 68.6 Å². The molecular formula is C59H86N16O13. The first-order chi connectivity index (χ1) is 41.9. The van der Waals surface area contributed by atoms with Crippen molar-refractivity contribution < 1.29 is 63.3 Å². The molecule has 29 heteroatoms. The number of fused-ring (bicyclic) bond motifs is 1. The number of aliphatic hydroxyl groups is 1. The van der Waals surface area contributed by atoms with Crippen molar-refractivity contribution in [1.29, 1.82) is 5.41 Å². The number of carbonyl (C=O) groups is 10. The molecular weight excluding hydrogens is 1140 g/mol. The number of hydrogen-bond acceptors (Lipinski definition) is 15. The minimum absolute atomic E-state index is 0.0243. The number of aromatic hydroxyl groups is 1. The zero-order valence-corrected chi connectivity index (χ0v) is 50.3. The molecule has 88 heavy (non-hydrogen) atoms. The lowest BCUT2D eigenvalue weighted by atomic mass is 9.98. The van der Waals surface area contributed by atoms with E-state index in [0.29, 0.717) is 47.1 Å². The Kier molecular flexibility index (Phi) is 27.1. The Morgan fingerprint density at radius 2 is 1.24 bits per heavy atom. The fraction of sp³-hybridized carbons (Fsp3) is 0.525. The van der Waals surface area contributed by atoms with Crippen LogP contribution in [0.5, 0.6) is 5.75 Å². The van der Waals surface area contributed by atoms with E-state index in [2.05, 4.69) is 62.8 Å². The predicted octanol–water partition coefficient (Wildman–Crippen LogP) is -1.31. The number of phenolic OH excluding ortho intramolecular Hbond substituents is 1. The lowest BCUT2D eigenvalue weighted by Crippen LogP contribution is -2.61. The average Bonchev–Trinajstić information content (AvgIpc) is 2.26. The third kappa shape index (κ3) is 21.7. The second kappa shape index (κ2) is 34.3. The number of aliphatic hydroxyl groups excluding tert-OH is 1. The van der Waals surface area contributed by atoms with Crippen LogP contribution in [-0.2, 0) is 67.2 Å². The van der Waals surface area contributed by atoms with Crippen molar-refractivity contribution in [3.05, 3.63) is 84.1 Å². The third-order valence-electron chi connectivity index (χ3n) is 14.6. The van der Waals surface area contributed by atoms with Crippen LogP contribution in [0.4, 0.5) is 0 Å². The van der Waals surface area contributed by atoms with Crippen molar-refractivity contribution in [1.82, 2.24) is 67.7 Å². The number of nitrogens with zero attached hydrogens (tertiary/aromatic N) is 2. The Hall–Kier alpha value is -9.12. The van der Waals surface area contributed by atoms with Gasteiger partial charge in [-0.25, -0.2) is 4.98 Å². The smallest absolute Gasteiger partial charge is 0.303 e. The van der Waals surface area contributed by atoms with E-state index in [1.54, 1.807) is 51.2 Å². The van der Waals surface area contributed by atoms with Gasteiger partial charge in [-0.3, -0.25) is 53.4 Å². The van der Waals surface area contributed by atoms with E-state index in [9.17, 15) is 63.3 Å². The molecule has 0 saturated carbocycles. The van der Waals surface area contributed by atoms with E-state index in [-0.39, 0.29) is 93.9 Å². The average molecular weight is 1230 g/mol. The number of amides is 9. The quantitative estimate of drug-likeness (QED) is 0.0144. The standard InChI is InChI=1S/C59H86N16O13/c1-6-64-57(87)48-14-10-22-75(48)58(88)41(13-9-21-65-59(61)62)68-51(81)42(23-32(2)3)70-52(82)43(24-33(4)5)71-53(83)44(25-34-15-17-37(77)18-16-34)72-56(86)47(30-76)74-54(84)45(26-35-28-66-40-12-8-7-11-38(35)40)73-55(85)46(27-36-29-63-31-67-36)69-50(80)39(60)19-20-49(78)79/h7-8,11-12,15-18,28-29,31-33,39,41-48,66,76-77H,6,9-10,13-14,19-27,30,60H2,1-5H3,(H,63,67)(H,64,87)(H,68,81)(H,69,80)(H,70,82)(H,71,83)(H,72,86)(H,73,85)(H,74,84)(H,78,79)(H4,61,62,65)/t39-,41-,42-,43+,44-,45-,46-,47-,48-/m0/s1. The maximum atomic E-state index is 14.7. The molecule has 2 aromatic carbocycles. The molecule has 29 nitrogen and oxygen atoms in total. The van der Waals surface area contributed by atoms with Crippen LogP contribution in [0, 0.1) is 17.2 Å². The van der Waals surface area contributed by atoms with E-state index in [0.717, 1.165) is 0 Å². The highest BCUT2D eigenvalue weighted by molar-refractivity contribution is 5.99. The molecule has 1 fully saturated rings. The van der Waals surface area contributed by atoms with Crippen molar-refractivity contribution in [3.8, 4) is 5.75 Å². The van der Waals surface area contributed by atoms with E-state index in [4.69, 9.17) is 16.9 Å². The Balaban J connectivity index is 1.39. The Bertz CT molecular complexity index is 3030. The Morgan fingerprint density at radius 3 is 1.81 bits per heavy atom. The lowest BCUT2D eigenvalue weighted by molar-refractivity contribution is -0.142. The molecule has 480 valence electrons. The SMILES string of the molecule is CCNC(=O)[C@@H]1CCCN1C(=O)[C@H](CCCNC(=N)N)NC(=O)[C@H](CC(C)C)NC(=O)[C@@H](CC(C)C)NC(=O)[C@H](Cc1ccc(O)cc1)NC(=O)[C@H](CO)NC(=O)[C@H](Cc1c[nH]c2ccccc12)NC(=O)[C@H](Cc1c[nH]cn1)NC(=O)[C@@H](N)CCC(=O)O. The number of hydrogen-bond donors (Lipinski definition) is 17. The number of aromatic amines is 2. The number of para-hydroxylation sites is 1. The molecule has 0 bridgehead atoms. The summed E-state index contributed by atoms with van der Waals surface area (Å²) in [6, 6.07) is 0.734. The molecule has 3 heterocycles. The number of aromatic nitrogens is 3. The molecule has 1 saturated heterocycles. The molecule has 9 atom stereocenters. The number of phenols is 1. The van der Waals surface area contributed by atoms with Gasteiger partial charge in [0.05, 0.1) is 24.7 Å². The second-order valence-electron chi connectivity index (χ2n) is 22.7. The molecule has 1 aliphatic rings. The van der Waals surface area contributed by atoms with Crippen molar-refractivity contribution in [3.63, 3.8) is 0 Å². The maximum absolute atomic E-state index is 14.7. The number of imidazole rings is 1. The van der Waals surface area contributed by atoms with Gasteiger partial charge in [0.25, 0.3) is 0 Å². The Labute approximate surface area is 509 Å². The number of aliphatic carboxylic acids is 1. The van der Waals surface area contributed by atoms with Crippen LogP contribution >= 0.6 is 0 Å². The molecule has 19 N–H and O–H groups in total. The van der Waals surface area contributed by atoms with Crippen molar-refractivity contribution in [2.45, 2.75) is 160 Å². The summed E-state index contributed by atoms with van der Waals surface area (Å²) in [4.78, 5) is 150. The van der Waals surface area contributed by atoms with Gasteiger partial charge in [-0.1, -0.05) is 58.0 Å². The summed E-state index contributed by atoms with van der Waals surface area (Å²) in [6.07, 6.45) is 4.55. The molecule has 5 rings (SSSR count). The fourth-order valence-corrected chi connectivity index (χ4v) is 10.1. The number of likely N-dealkylation sites (tertiary alicyclic amines) is 1. The first-order valence-corrected chi connectivity index (χ1v) is 29.5. The van der Waals surface area contributed by atoms with E-state index in [1.165, 1.54) is 41.7 Å². The highest BCUT2D eigenvalue weighted by Crippen LogP contribution is 2.22. The minimum atomic E-state index is -1.78. The van der Waals surface area contributed by atoms with Gasteiger partial charge in [0.2, 0.25) is 53.2 Å². The maximum Gasteiger partial charge on any atom is 0.303 e. The van der Waals surface area contributed by atoms with Gasteiger partial charge in [-0.2, -0.15) is 0 Å². The van der Waals surface area contributed by atoms with Crippen LogP contribution in [0.2, 0.25) is 0 Å². The summed E-state index contributed by atoms with van der Waals surface area (Å²) in [5, 5.41) is 62.4. The lowest BCUT2D eigenvalue weighted by Gasteiger charge is -2.31. The molecule has 1 aliphatic heterocycles. The summed E-state index contributed by atoms with van der Waals surface area (Å²) in [6.45, 7) is 8.78. The van der Waals surface area contributed by atoms with Crippen LogP contribution in [0.25, 0.3) is 10.9 Å². The number of carbonyl (C=O) groups excluding carboxylic acids is 9. The van der Waals surface area contributed by atoms with Crippen LogP contribution in [0.15, 0.2) is 67.3 Å². The number of guanidine groups is 1. The second-order valence-corrected chi connectivity index (χ2v) is 22.7. The van der Waals surface area contributed by atoms with Crippen molar-refractivity contribution >= 4 is 76.0 Å². The van der Waals surface area contributed by atoms with E-state index < -0.39 is 121 Å². The normalized spacial score (nSPS) is 15.7. The third-order valence-corrected chi connectivity index (χ3v) is 14.6. The highest BCUT2D eigenvalue weighted by Gasteiger charge is 2.40. The minimum Gasteiger partial charge on any atom is -0.508 e. The van der Waals surface area contributed by atoms with Crippen LogP contribution < -0.4 is 59.3 Å². The molecule has 4 aromatic rings. The number of H-pyrrole nitrogens is 2. The monoisotopic (exact) mass is 1230 g/mol. The summed E-state index contributed by atoms with van der Waals surface area (Å²) in [5.41, 5.74) is 13.5. The molecule has 0 unspecified atom stereocenters. The highest BCUT2D eigenvalue weighted by atomic mass is 16.4. The first-order valence-electron chi connectivity index (χ1n) is 29.5. The largest absolute Gasteiger partial charge is 0.508 e. The van der Waals surface area contributed by atoms with E-state index in [1.807, 2.05) is 13.8 Å². The summed E-state index contributed by atoms with van der Waals surface area (Å²) >= 11 is 0. The number of carboxylic acid groups (broad SMARTS) is 1. The summed E-state index contributed by atoms with van der Waals surface area (Å²) < 4.78 is 0. The molecule has 2 aromatic heterocycles. The predicted molar refractivity (Wildman–Crippen MR) is 323 cm³/mol. The van der Waals surface area contributed by atoms with Crippen molar-refractivity contribution in [2.24, 2.45) is 23.3 Å². The zero-order valence-electron chi connectivity index (χ0n) is 50.3. The summed E-state index contributed by atoms with van der Waals surface area (Å²) in [7, 11) is 0. The number of benzene rings is 2. The van der Waals surface area contributed by atoms with Gasteiger partial charge in [0.15, 0.2) is 5.96 Å². The van der Waals surface area contributed by atoms with Crippen LogP contribution in [0.3, 0.4) is 0 Å². The number of likely N-dealkylation sites (N-methyl/N-ethyl adjacent to an activating group) is 1. The molecule has 0 aliphatic carbocycles. The molecule has 0 radical (unpaired) electrons. The van der Waals surface area contributed by atoms with Gasteiger partial charge in [-0.05, 0) is 93.0 Å². The molecule has 0 spiro atoms. The van der Waals surface area contributed by atoms with Crippen LogP contribution in [0.1, 0.15) is 103 Å². The topological polar surface area (TPSA) is 463 Å². The fourth-order valence-electron chi connectivity index (χ4n) is 10.1. The van der Waals surface area contributed by atoms with Gasteiger partial charge < -0.3 is 89.5 Å². The van der Waals surface area contributed by atoms with E-state index >= 15 is 0 Å². The van der Waals surface area contributed by atoms with Gasteiger partial charge >= 0.3 is 5.97 Å². The van der Waals surface area contributed by atoms with Gasteiger partial charge in [-0.15, -0.1) is 0 Å². The molecule has 9 amide bonds. The van der Waals surface area contributed by atoms with Crippen LogP contribution in [-0.4, -0.2) is 181 Å². The number of rotatable bonds is 35. The zero-order chi connectivity index (χ0) is 64.6. The summed E-state index contributed by atoms with van der Waals surface area (Å²) in [5.74, 6) is -9.04.